The number of benzene rings is 2. The van der Waals surface area contributed by atoms with Crippen LogP contribution in [0.3, 0.4) is 0 Å². The van der Waals surface area contributed by atoms with Crippen LogP contribution in [0.4, 0.5) is 11.4 Å². The molecule has 0 aliphatic carbocycles. The number of carbonyl (C=O) groups is 1. The van der Waals surface area contributed by atoms with Gasteiger partial charge in [-0.05, 0) is 48.9 Å². The lowest BCUT2D eigenvalue weighted by atomic mass is 10.1. The van der Waals surface area contributed by atoms with E-state index >= 15 is 0 Å². The Kier molecular flexibility index (Phi) is 6.38. The number of hydrogen-bond acceptors (Lipinski definition) is 3. The predicted octanol–water partition coefficient (Wildman–Crippen LogP) is 3.39. The second-order valence-corrected chi connectivity index (χ2v) is 6.33. The van der Waals surface area contributed by atoms with Gasteiger partial charge in [-0.25, -0.2) is 0 Å². The zero-order valence-electron chi connectivity index (χ0n) is 15.0. The van der Waals surface area contributed by atoms with E-state index in [0.717, 1.165) is 18.7 Å². The van der Waals surface area contributed by atoms with Gasteiger partial charge >= 0.3 is 0 Å². The van der Waals surface area contributed by atoms with Gasteiger partial charge in [0.2, 0.25) is 5.91 Å². The summed E-state index contributed by atoms with van der Waals surface area (Å²) in [5.74, 6) is 0.00617. The number of nitrogens with one attached hydrogen (secondary N) is 1. The van der Waals surface area contributed by atoms with Crippen LogP contribution in [0.2, 0.25) is 0 Å². The highest BCUT2D eigenvalue weighted by atomic mass is 16.2. The van der Waals surface area contributed by atoms with Crippen LogP contribution in [0, 0.1) is 0 Å². The van der Waals surface area contributed by atoms with Crippen molar-refractivity contribution in [3.63, 3.8) is 0 Å². The Morgan fingerprint density at radius 2 is 1.50 bits per heavy atom. The van der Waals surface area contributed by atoms with Crippen LogP contribution in [0.15, 0.2) is 48.5 Å². The molecular formula is C20H27N3O. The van der Waals surface area contributed by atoms with Crippen molar-refractivity contribution in [2.45, 2.75) is 19.9 Å². The van der Waals surface area contributed by atoms with E-state index in [9.17, 15) is 4.79 Å². The smallest absolute Gasteiger partial charge is 0.238 e. The highest BCUT2D eigenvalue weighted by Crippen LogP contribution is 2.14. The van der Waals surface area contributed by atoms with E-state index in [4.69, 9.17) is 0 Å². The topological polar surface area (TPSA) is 35.6 Å². The molecular weight excluding hydrogens is 298 g/mol. The molecule has 0 spiro atoms. The average molecular weight is 325 g/mol. The van der Waals surface area contributed by atoms with Crippen molar-refractivity contribution < 1.29 is 4.79 Å². The summed E-state index contributed by atoms with van der Waals surface area (Å²) in [4.78, 5) is 16.2. The van der Waals surface area contributed by atoms with Crippen molar-refractivity contribution >= 4 is 17.3 Å². The molecule has 1 N–H and O–H groups in total. The second-order valence-electron chi connectivity index (χ2n) is 6.33. The minimum Gasteiger partial charge on any atom is -0.378 e. The van der Waals surface area contributed by atoms with Gasteiger partial charge in [0.25, 0.3) is 0 Å². The van der Waals surface area contributed by atoms with E-state index in [2.05, 4.69) is 41.4 Å². The number of likely N-dealkylation sites (N-methyl/N-ethyl adjacent to an activating group) is 1. The van der Waals surface area contributed by atoms with Gasteiger partial charge in [0.05, 0.1) is 6.54 Å². The maximum absolute atomic E-state index is 12.2. The Morgan fingerprint density at radius 1 is 0.917 bits per heavy atom. The number of amides is 1. The van der Waals surface area contributed by atoms with Gasteiger partial charge < -0.3 is 10.2 Å². The molecule has 2 aromatic rings. The molecule has 0 saturated carbocycles. The van der Waals surface area contributed by atoms with Crippen LogP contribution in [0.5, 0.6) is 0 Å². The maximum Gasteiger partial charge on any atom is 0.238 e. The molecule has 1 amide bonds. The minimum atomic E-state index is 0.00617. The van der Waals surface area contributed by atoms with Crippen molar-refractivity contribution in [2.24, 2.45) is 0 Å². The van der Waals surface area contributed by atoms with Crippen LogP contribution in [-0.4, -0.2) is 38.5 Å². The monoisotopic (exact) mass is 325 g/mol. The third-order valence-corrected chi connectivity index (χ3v) is 3.96. The fraction of sp³-hybridized carbons (Fsp3) is 0.350. The molecule has 0 aliphatic heterocycles. The van der Waals surface area contributed by atoms with Gasteiger partial charge in [-0.1, -0.05) is 31.2 Å². The third-order valence-electron chi connectivity index (χ3n) is 3.96. The van der Waals surface area contributed by atoms with Crippen molar-refractivity contribution in [1.82, 2.24) is 4.90 Å². The Bertz CT molecular complexity index is 648. The Hall–Kier alpha value is -2.33. The van der Waals surface area contributed by atoms with Crippen LogP contribution in [0.1, 0.15) is 18.1 Å². The second kappa shape index (κ2) is 8.50. The summed E-state index contributed by atoms with van der Waals surface area (Å²) < 4.78 is 0. The van der Waals surface area contributed by atoms with Crippen LogP contribution in [0.25, 0.3) is 0 Å². The Morgan fingerprint density at radius 3 is 2.04 bits per heavy atom. The fourth-order valence-electron chi connectivity index (χ4n) is 2.54. The molecule has 4 heteroatoms. The summed E-state index contributed by atoms with van der Waals surface area (Å²) in [7, 11) is 6.01. The van der Waals surface area contributed by atoms with Crippen LogP contribution < -0.4 is 10.2 Å². The van der Waals surface area contributed by atoms with Gasteiger partial charge in [0.15, 0.2) is 0 Å². The molecule has 0 heterocycles. The van der Waals surface area contributed by atoms with Crippen LogP contribution in [-0.2, 0) is 17.8 Å². The molecule has 0 saturated heterocycles. The fourth-order valence-corrected chi connectivity index (χ4v) is 2.54. The number of aryl methyl sites for hydroxylation is 1. The van der Waals surface area contributed by atoms with Gasteiger partial charge in [0.1, 0.15) is 0 Å². The molecule has 0 aliphatic rings. The van der Waals surface area contributed by atoms with E-state index in [1.165, 1.54) is 16.8 Å². The Balaban J connectivity index is 1.84. The molecule has 2 aromatic carbocycles. The first kappa shape index (κ1) is 18.0. The third kappa shape index (κ3) is 5.39. The lowest BCUT2D eigenvalue weighted by molar-refractivity contribution is -0.117. The molecule has 0 aromatic heterocycles. The summed E-state index contributed by atoms with van der Waals surface area (Å²) in [5.41, 5.74) is 4.49. The zero-order chi connectivity index (χ0) is 17.5. The maximum atomic E-state index is 12.2. The summed E-state index contributed by atoms with van der Waals surface area (Å²) in [6.45, 7) is 3.23. The van der Waals surface area contributed by atoms with Crippen LogP contribution >= 0.6 is 0 Å². The van der Waals surface area contributed by atoms with Gasteiger partial charge in [-0.15, -0.1) is 0 Å². The standard InChI is InChI=1S/C20H27N3O/c1-5-16-6-10-18(11-7-16)21-20(24)15-23(4)14-17-8-12-19(13-9-17)22(2)3/h6-13H,5,14-15H2,1-4H3,(H,21,24). The van der Waals surface area contributed by atoms with Crippen molar-refractivity contribution in [1.29, 1.82) is 0 Å². The molecule has 0 fully saturated rings. The molecule has 0 unspecified atom stereocenters. The van der Waals surface area contributed by atoms with Gasteiger partial charge in [-0.2, -0.15) is 0 Å². The van der Waals surface area contributed by atoms with Crippen molar-refractivity contribution in [3.8, 4) is 0 Å². The summed E-state index contributed by atoms with van der Waals surface area (Å²) in [6.07, 6.45) is 1.00. The molecule has 4 nitrogen and oxygen atoms in total. The molecule has 0 bridgehead atoms. The number of hydrogen-bond donors (Lipinski definition) is 1. The van der Waals surface area contributed by atoms with E-state index in [0.29, 0.717) is 6.54 Å². The van der Waals surface area contributed by atoms with Gasteiger partial charge in [0, 0.05) is 32.0 Å². The quantitative estimate of drug-likeness (QED) is 0.847. The first-order chi connectivity index (χ1) is 11.5. The first-order valence-electron chi connectivity index (χ1n) is 8.31. The minimum absolute atomic E-state index is 0.00617. The largest absolute Gasteiger partial charge is 0.378 e. The molecule has 0 radical (unpaired) electrons. The normalized spacial score (nSPS) is 10.7. The number of carbonyl (C=O) groups excluding carboxylic acids is 1. The Labute approximate surface area is 145 Å². The highest BCUT2D eigenvalue weighted by Gasteiger charge is 2.08. The molecule has 2 rings (SSSR count). The number of rotatable bonds is 7. The van der Waals surface area contributed by atoms with Gasteiger partial charge in [-0.3, -0.25) is 9.69 Å². The number of anilines is 2. The molecule has 128 valence electrons. The molecule has 24 heavy (non-hydrogen) atoms. The zero-order valence-corrected chi connectivity index (χ0v) is 15.0. The summed E-state index contributed by atoms with van der Waals surface area (Å²) >= 11 is 0. The number of nitrogens with zero attached hydrogens (tertiary/aromatic N) is 2. The first-order valence-corrected chi connectivity index (χ1v) is 8.31. The summed E-state index contributed by atoms with van der Waals surface area (Å²) in [5, 5.41) is 2.95. The van der Waals surface area contributed by atoms with E-state index in [-0.39, 0.29) is 5.91 Å². The van der Waals surface area contributed by atoms with Crippen molar-refractivity contribution in [2.75, 3.05) is 37.9 Å². The predicted molar refractivity (Wildman–Crippen MR) is 102 cm³/mol. The van der Waals surface area contributed by atoms with E-state index < -0.39 is 0 Å². The molecule has 0 atom stereocenters. The summed E-state index contributed by atoms with van der Waals surface area (Å²) in [6, 6.07) is 16.4. The average Bonchev–Trinajstić information content (AvgIpc) is 2.55. The van der Waals surface area contributed by atoms with E-state index in [1.54, 1.807) is 0 Å². The lowest BCUT2D eigenvalue weighted by Crippen LogP contribution is -2.29. The highest BCUT2D eigenvalue weighted by molar-refractivity contribution is 5.92. The lowest BCUT2D eigenvalue weighted by Gasteiger charge is -2.18. The SMILES string of the molecule is CCc1ccc(NC(=O)CN(C)Cc2ccc(N(C)C)cc2)cc1. The van der Waals surface area contributed by atoms with Crippen molar-refractivity contribution in [3.05, 3.63) is 59.7 Å². The van der Waals surface area contributed by atoms with E-state index in [1.807, 2.05) is 50.3 Å².